The van der Waals surface area contributed by atoms with Crippen LogP contribution >= 0.6 is 0 Å². The van der Waals surface area contributed by atoms with Crippen molar-refractivity contribution in [3.63, 3.8) is 0 Å². The van der Waals surface area contributed by atoms with Gasteiger partial charge in [-0.15, -0.1) is 0 Å². The van der Waals surface area contributed by atoms with Gasteiger partial charge >= 0.3 is 0 Å². The van der Waals surface area contributed by atoms with Crippen molar-refractivity contribution in [3.8, 4) is 0 Å². The van der Waals surface area contributed by atoms with Crippen LogP contribution < -0.4 is 5.32 Å². The minimum absolute atomic E-state index is 0.123. The molecular formula is C14H22FNO. The topological polar surface area (TPSA) is 21.3 Å². The van der Waals surface area contributed by atoms with Crippen LogP contribution in [0.4, 0.5) is 4.39 Å². The first kappa shape index (κ1) is 14.1. The third kappa shape index (κ3) is 5.29. The molecule has 1 rings (SSSR count). The third-order valence-electron chi connectivity index (χ3n) is 2.79. The molecule has 1 N–H and O–H groups in total. The molecule has 17 heavy (non-hydrogen) atoms. The molecule has 0 saturated carbocycles. The standard InChI is InChI=1S/C14H22FNO/c1-3-9-17-10-8-13(16-2)11-12-6-4-5-7-14(12)15/h4-7,13,16H,3,8-11H2,1-2H3. The number of ether oxygens (including phenoxy) is 1. The summed E-state index contributed by atoms with van der Waals surface area (Å²) in [6, 6.07) is 7.21. The molecule has 0 aliphatic rings. The van der Waals surface area contributed by atoms with Crippen molar-refractivity contribution in [1.82, 2.24) is 5.32 Å². The van der Waals surface area contributed by atoms with Gasteiger partial charge in [0.1, 0.15) is 5.82 Å². The van der Waals surface area contributed by atoms with Crippen LogP contribution in [0.3, 0.4) is 0 Å². The predicted octanol–water partition coefficient (Wildman–Crippen LogP) is 2.77. The molecule has 0 aromatic heterocycles. The number of nitrogens with one attached hydrogen (secondary N) is 1. The maximum atomic E-state index is 13.5. The van der Waals surface area contributed by atoms with E-state index in [1.54, 1.807) is 6.07 Å². The van der Waals surface area contributed by atoms with E-state index in [-0.39, 0.29) is 11.9 Å². The van der Waals surface area contributed by atoms with Crippen LogP contribution in [-0.2, 0) is 11.2 Å². The first-order chi connectivity index (χ1) is 8.27. The molecule has 0 fully saturated rings. The molecule has 0 spiro atoms. The maximum Gasteiger partial charge on any atom is 0.126 e. The van der Waals surface area contributed by atoms with Gasteiger partial charge in [0.15, 0.2) is 0 Å². The van der Waals surface area contributed by atoms with Gasteiger partial charge in [-0.25, -0.2) is 4.39 Å². The van der Waals surface area contributed by atoms with E-state index in [1.165, 1.54) is 6.07 Å². The quantitative estimate of drug-likeness (QED) is 0.704. The highest BCUT2D eigenvalue weighted by Crippen LogP contribution is 2.10. The predicted molar refractivity (Wildman–Crippen MR) is 68.7 cm³/mol. The Hall–Kier alpha value is -0.930. The molecule has 96 valence electrons. The molecular weight excluding hydrogens is 217 g/mol. The second-order valence-electron chi connectivity index (χ2n) is 4.18. The van der Waals surface area contributed by atoms with Crippen molar-refractivity contribution in [3.05, 3.63) is 35.6 Å². The monoisotopic (exact) mass is 239 g/mol. The summed E-state index contributed by atoms with van der Waals surface area (Å²) in [6.45, 7) is 3.62. The summed E-state index contributed by atoms with van der Waals surface area (Å²) in [7, 11) is 1.91. The lowest BCUT2D eigenvalue weighted by atomic mass is 10.0. The lowest BCUT2D eigenvalue weighted by Crippen LogP contribution is -2.29. The van der Waals surface area contributed by atoms with E-state index in [2.05, 4.69) is 12.2 Å². The zero-order chi connectivity index (χ0) is 12.5. The number of benzene rings is 1. The van der Waals surface area contributed by atoms with Crippen molar-refractivity contribution in [2.24, 2.45) is 0 Å². The largest absolute Gasteiger partial charge is 0.381 e. The number of hydrogen-bond donors (Lipinski definition) is 1. The molecule has 0 bridgehead atoms. The fourth-order valence-corrected chi connectivity index (χ4v) is 1.75. The van der Waals surface area contributed by atoms with Crippen molar-refractivity contribution in [2.75, 3.05) is 20.3 Å². The molecule has 1 aromatic rings. The molecule has 1 atom stereocenters. The van der Waals surface area contributed by atoms with Crippen LogP contribution in [0, 0.1) is 5.82 Å². The fourth-order valence-electron chi connectivity index (χ4n) is 1.75. The first-order valence-electron chi connectivity index (χ1n) is 6.26. The fraction of sp³-hybridized carbons (Fsp3) is 0.571. The van der Waals surface area contributed by atoms with Crippen molar-refractivity contribution >= 4 is 0 Å². The minimum atomic E-state index is -0.123. The Bertz CT molecular complexity index is 317. The van der Waals surface area contributed by atoms with Crippen molar-refractivity contribution < 1.29 is 9.13 Å². The van der Waals surface area contributed by atoms with Gasteiger partial charge in [-0.2, -0.15) is 0 Å². The Labute approximate surface area is 103 Å². The number of halogens is 1. The van der Waals surface area contributed by atoms with Crippen LogP contribution in [0.15, 0.2) is 24.3 Å². The highest BCUT2D eigenvalue weighted by atomic mass is 19.1. The first-order valence-corrected chi connectivity index (χ1v) is 6.26. The lowest BCUT2D eigenvalue weighted by Gasteiger charge is -2.16. The summed E-state index contributed by atoms with van der Waals surface area (Å²) in [4.78, 5) is 0. The van der Waals surface area contributed by atoms with E-state index in [4.69, 9.17) is 4.74 Å². The molecule has 0 aliphatic heterocycles. The van der Waals surface area contributed by atoms with E-state index in [0.29, 0.717) is 6.42 Å². The summed E-state index contributed by atoms with van der Waals surface area (Å²) >= 11 is 0. The summed E-state index contributed by atoms with van der Waals surface area (Å²) in [5, 5.41) is 3.21. The van der Waals surface area contributed by atoms with E-state index >= 15 is 0 Å². The minimum Gasteiger partial charge on any atom is -0.381 e. The molecule has 3 heteroatoms. The summed E-state index contributed by atoms with van der Waals surface area (Å²) in [5.41, 5.74) is 0.766. The van der Waals surface area contributed by atoms with Gasteiger partial charge in [0, 0.05) is 19.3 Å². The highest BCUT2D eigenvalue weighted by Gasteiger charge is 2.09. The average molecular weight is 239 g/mol. The van der Waals surface area contributed by atoms with E-state index in [9.17, 15) is 4.39 Å². The molecule has 0 saturated heterocycles. The normalized spacial score (nSPS) is 12.6. The second-order valence-corrected chi connectivity index (χ2v) is 4.18. The summed E-state index contributed by atoms with van der Waals surface area (Å²) < 4.78 is 18.9. The zero-order valence-corrected chi connectivity index (χ0v) is 10.7. The molecule has 0 radical (unpaired) electrons. The Morgan fingerprint density at radius 1 is 1.29 bits per heavy atom. The number of likely N-dealkylation sites (N-methyl/N-ethyl adjacent to an activating group) is 1. The average Bonchev–Trinajstić information content (AvgIpc) is 2.35. The highest BCUT2D eigenvalue weighted by molar-refractivity contribution is 5.18. The summed E-state index contributed by atoms with van der Waals surface area (Å²) in [5.74, 6) is -0.123. The van der Waals surface area contributed by atoms with Crippen molar-refractivity contribution in [1.29, 1.82) is 0 Å². The van der Waals surface area contributed by atoms with Gasteiger partial charge in [-0.05, 0) is 37.9 Å². The molecule has 0 heterocycles. The second kappa shape index (κ2) is 8.20. The van der Waals surface area contributed by atoms with Gasteiger partial charge < -0.3 is 10.1 Å². The van der Waals surface area contributed by atoms with Gasteiger partial charge in [-0.1, -0.05) is 25.1 Å². The van der Waals surface area contributed by atoms with Gasteiger partial charge in [0.2, 0.25) is 0 Å². The number of rotatable bonds is 8. The molecule has 2 nitrogen and oxygen atoms in total. The van der Waals surface area contributed by atoms with Gasteiger partial charge in [-0.3, -0.25) is 0 Å². The molecule has 1 aromatic carbocycles. The van der Waals surface area contributed by atoms with E-state index in [0.717, 1.165) is 31.6 Å². The van der Waals surface area contributed by atoms with Crippen molar-refractivity contribution in [2.45, 2.75) is 32.2 Å². The smallest absolute Gasteiger partial charge is 0.126 e. The zero-order valence-electron chi connectivity index (χ0n) is 10.7. The van der Waals surface area contributed by atoms with Crippen LogP contribution in [0.25, 0.3) is 0 Å². The molecule has 0 amide bonds. The molecule has 0 aliphatic carbocycles. The lowest BCUT2D eigenvalue weighted by molar-refractivity contribution is 0.125. The Morgan fingerprint density at radius 2 is 2.06 bits per heavy atom. The Balaban J connectivity index is 2.38. The van der Waals surface area contributed by atoms with Gasteiger partial charge in [0.05, 0.1) is 0 Å². The number of hydrogen-bond acceptors (Lipinski definition) is 2. The van der Waals surface area contributed by atoms with E-state index in [1.807, 2.05) is 19.2 Å². The van der Waals surface area contributed by atoms with E-state index < -0.39 is 0 Å². The van der Waals surface area contributed by atoms with Crippen LogP contribution in [0.5, 0.6) is 0 Å². The van der Waals surface area contributed by atoms with Gasteiger partial charge in [0.25, 0.3) is 0 Å². The summed E-state index contributed by atoms with van der Waals surface area (Å²) in [6.07, 6.45) is 2.65. The molecule has 1 unspecified atom stereocenters. The van der Waals surface area contributed by atoms with Crippen LogP contribution in [0.2, 0.25) is 0 Å². The Morgan fingerprint density at radius 3 is 2.71 bits per heavy atom. The van der Waals surface area contributed by atoms with Crippen LogP contribution in [-0.4, -0.2) is 26.3 Å². The van der Waals surface area contributed by atoms with Crippen LogP contribution in [0.1, 0.15) is 25.3 Å². The SMILES string of the molecule is CCCOCCC(Cc1ccccc1F)NC. The maximum absolute atomic E-state index is 13.5. The third-order valence-corrected chi connectivity index (χ3v) is 2.79. The Kier molecular flexibility index (Phi) is 6.82.